The maximum Gasteiger partial charge on any atom is 0.354 e. The Bertz CT molecular complexity index is 1430. The van der Waals surface area contributed by atoms with Crippen LogP contribution in [0.4, 0.5) is 0 Å². The molecule has 0 atom stereocenters. The van der Waals surface area contributed by atoms with Gasteiger partial charge in [-0.1, -0.05) is 66.2 Å². The molecule has 0 radical (unpaired) electrons. The summed E-state index contributed by atoms with van der Waals surface area (Å²) < 4.78 is 10.3. The molecule has 0 bridgehead atoms. The minimum absolute atomic E-state index is 0.357. The minimum Gasteiger partial charge on any atom is -0.464 e. The Morgan fingerprint density at radius 3 is 1.56 bits per heavy atom. The summed E-state index contributed by atoms with van der Waals surface area (Å²) in [5.74, 6) is -1.39. The van der Waals surface area contributed by atoms with Gasteiger partial charge in [0.1, 0.15) is 11.4 Å². The summed E-state index contributed by atoms with van der Waals surface area (Å²) in [5.41, 5.74) is 5.90. The number of aromatic nitrogens is 2. The van der Waals surface area contributed by atoms with Crippen LogP contribution in [0.5, 0.6) is 0 Å². The lowest BCUT2D eigenvalue weighted by Gasteiger charge is -2.20. The Kier molecular flexibility index (Phi) is 5.42. The summed E-state index contributed by atoms with van der Waals surface area (Å²) in [6.45, 7) is 2.02. The van der Waals surface area contributed by atoms with Crippen molar-refractivity contribution < 1.29 is 19.1 Å². The van der Waals surface area contributed by atoms with Crippen LogP contribution in [0.15, 0.2) is 72.8 Å². The number of nitrogens with one attached hydrogen (secondary N) is 2. The smallest absolute Gasteiger partial charge is 0.354 e. The lowest BCUT2D eigenvalue weighted by Crippen LogP contribution is -2.14. The van der Waals surface area contributed by atoms with Gasteiger partial charge in [-0.25, -0.2) is 9.59 Å². The van der Waals surface area contributed by atoms with Crippen molar-refractivity contribution in [3.05, 3.63) is 106 Å². The fourth-order valence-corrected chi connectivity index (χ4v) is 4.69. The molecule has 0 spiro atoms. The molecule has 2 N–H and O–H groups in total. The number of H-pyrrole nitrogens is 2. The molecule has 5 aromatic rings. The van der Waals surface area contributed by atoms with Gasteiger partial charge in [0.15, 0.2) is 0 Å². The molecule has 2 aromatic heterocycles. The monoisotopic (exact) mass is 452 g/mol. The van der Waals surface area contributed by atoms with E-state index in [1.807, 2.05) is 79.7 Å². The topological polar surface area (TPSA) is 84.2 Å². The van der Waals surface area contributed by atoms with Gasteiger partial charge in [0.2, 0.25) is 0 Å². The van der Waals surface area contributed by atoms with Gasteiger partial charge in [-0.05, 0) is 24.6 Å². The molecule has 0 saturated heterocycles. The summed E-state index contributed by atoms with van der Waals surface area (Å²) >= 11 is 0. The number of esters is 2. The van der Waals surface area contributed by atoms with Crippen LogP contribution in [0.3, 0.4) is 0 Å². The first kappa shape index (κ1) is 21.5. The van der Waals surface area contributed by atoms with E-state index in [1.165, 1.54) is 14.2 Å². The van der Waals surface area contributed by atoms with Gasteiger partial charge in [-0.15, -0.1) is 0 Å². The SMILES string of the molecule is COC(=O)c1[nH]c2ccccc2c1C(c1ccc(C)cc1)c1c(C(=O)OC)[nH]c2ccccc12. The van der Waals surface area contributed by atoms with Crippen molar-refractivity contribution in [3.8, 4) is 0 Å². The third kappa shape index (κ3) is 3.44. The zero-order valence-electron chi connectivity index (χ0n) is 19.1. The summed E-state index contributed by atoms with van der Waals surface area (Å²) in [4.78, 5) is 32.4. The summed E-state index contributed by atoms with van der Waals surface area (Å²) in [6, 6.07) is 23.6. The molecule has 170 valence electrons. The van der Waals surface area contributed by atoms with Crippen LogP contribution >= 0.6 is 0 Å². The number of carbonyl (C=O) groups is 2. The number of fused-ring (bicyclic) bond motifs is 2. The van der Waals surface area contributed by atoms with Crippen molar-refractivity contribution in [3.63, 3.8) is 0 Å². The van der Waals surface area contributed by atoms with Crippen LogP contribution in [0.25, 0.3) is 21.8 Å². The molecule has 6 nitrogen and oxygen atoms in total. The Labute approximate surface area is 196 Å². The zero-order chi connectivity index (χ0) is 23.8. The van der Waals surface area contributed by atoms with E-state index >= 15 is 0 Å². The van der Waals surface area contributed by atoms with E-state index in [1.54, 1.807) is 0 Å². The molecule has 3 aromatic carbocycles. The predicted octanol–water partition coefficient (Wildman–Crippen LogP) is 5.71. The highest BCUT2D eigenvalue weighted by Gasteiger charge is 2.33. The van der Waals surface area contributed by atoms with Gasteiger partial charge < -0.3 is 19.4 Å². The van der Waals surface area contributed by atoms with Gasteiger partial charge in [-0.2, -0.15) is 0 Å². The first-order valence-electron chi connectivity index (χ1n) is 11.0. The van der Waals surface area contributed by atoms with Crippen molar-refractivity contribution in [1.29, 1.82) is 0 Å². The van der Waals surface area contributed by atoms with Crippen LogP contribution in [-0.4, -0.2) is 36.1 Å². The number of hydrogen-bond acceptors (Lipinski definition) is 4. The number of ether oxygens (including phenoxy) is 2. The molecule has 0 aliphatic rings. The molecule has 34 heavy (non-hydrogen) atoms. The molecule has 0 saturated carbocycles. The van der Waals surface area contributed by atoms with Crippen molar-refractivity contribution in [2.24, 2.45) is 0 Å². The predicted molar refractivity (Wildman–Crippen MR) is 131 cm³/mol. The molecular weight excluding hydrogens is 428 g/mol. The highest BCUT2D eigenvalue weighted by molar-refractivity contribution is 6.03. The summed E-state index contributed by atoms with van der Waals surface area (Å²) in [7, 11) is 2.73. The first-order valence-corrected chi connectivity index (χ1v) is 11.0. The van der Waals surface area contributed by atoms with E-state index in [0.717, 1.165) is 44.1 Å². The number of aryl methyl sites for hydroxylation is 1. The first-order chi connectivity index (χ1) is 16.5. The molecule has 6 heteroatoms. The van der Waals surface area contributed by atoms with Crippen LogP contribution < -0.4 is 0 Å². The molecule has 0 unspecified atom stereocenters. The lowest BCUT2D eigenvalue weighted by molar-refractivity contribution is 0.0587. The maximum absolute atomic E-state index is 12.9. The van der Waals surface area contributed by atoms with E-state index in [4.69, 9.17) is 9.47 Å². The van der Waals surface area contributed by atoms with Gasteiger partial charge in [0.05, 0.1) is 14.2 Å². The van der Waals surface area contributed by atoms with Gasteiger partial charge in [-0.3, -0.25) is 0 Å². The van der Waals surface area contributed by atoms with E-state index in [9.17, 15) is 9.59 Å². The van der Waals surface area contributed by atoms with Gasteiger partial charge >= 0.3 is 11.9 Å². The second-order valence-electron chi connectivity index (χ2n) is 8.25. The molecule has 5 rings (SSSR count). The lowest BCUT2D eigenvalue weighted by atomic mass is 9.81. The normalized spacial score (nSPS) is 11.3. The summed E-state index contributed by atoms with van der Waals surface area (Å²) in [6.07, 6.45) is 0. The third-order valence-corrected chi connectivity index (χ3v) is 6.26. The Balaban J connectivity index is 1.93. The fraction of sp³-hybridized carbons (Fsp3) is 0.143. The Morgan fingerprint density at radius 2 is 1.12 bits per heavy atom. The number of aromatic amines is 2. The van der Waals surface area contributed by atoms with Crippen LogP contribution in [0.2, 0.25) is 0 Å². The van der Waals surface area contributed by atoms with Crippen molar-refractivity contribution in [1.82, 2.24) is 9.97 Å². The highest BCUT2D eigenvalue weighted by atomic mass is 16.5. The molecule has 0 aliphatic heterocycles. The van der Waals surface area contributed by atoms with Crippen molar-refractivity contribution in [2.75, 3.05) is 14.2 Å². The average molecular weight is 453 g/mol. The largest absolute Gasteiger partial charge is 0.464 e. The highest BCUT2D eigenvalue weighted by Crippen LogP contribution is 2.43. The second kappa shape index (κ2) is 8.56. The molecular formula is C28H24N2O4. The quantitative estimate of drug-likeness (QED) is 0.335. The zero-order valence-corrected chi connectivity index (χ0v) is 19.1. The van der Waals surface area contributed by atoms with E-state index in [-0.39, 0.29) is 0 Å². The average Bonchev–Trinajstić information content (AvgIpc) is 3.44. The molecule has 0 fully saturated rings. The number of hydrogen-bond donors (Lipinski definition) is 2. The summed E-state index contributed by atoms with van der Waals surface area (Å²) in [5, 5.41) is 1.77. The number of benzene rings is 3. The van der Waals surface area contributed by atoms with Crippen molar-refractivity contribution >= 4 is 33.7 Å². The second-order valence-corrected chi connectivity index (χ2v) is 8.25. The number of para-hydroxylation sites is 2. The Morgan fingerprint density at radius 1 is 0.676 bits per heavy atom. The van der Waals surface area contributed by atoms with Crippen LogP contribution in [-0.2, 0) is 9.47 Å². The maximum atomic E-state index is 12.9. The molecule has 2 heterocycles. The standard InChI is InChI=1S/C28H24N2O4/c1-16-12-14-17(15-13-16)22(23-18-8-4-6-10-20(18)29-25(23)27(31)33-2)24-19-9-5-7-11-21(19)30-26(24)28(32)34-3/h4-15,22,29-30H,1-3H3. The third-order valence-electron chi connectivity index (χ3n) is 6.26. The van der Waals surface area contributed by atoms with E-state index < -0.39 is 17.9 Å². The minimum atomic E-state index is -0.470. The van der Waals surface area contributed by atoms with Crippen LogP contribution in [0, 0.1) is 6.92 Å². The molecule has 0 amide bonds. The van der Waals surface area contributed by atoms with E-state index in [0.29, 0.717) is 11.4 Å². The number of methoxy groups -OCH3 is 2. The van der Waals surface area contributed by atoms with E-state index in [2.05, 4.69) is 9.97 Å². The fourth-order valence-electron chi connectivity index (χ4n) is 4.69. The van der Waals surface area contributed by atoms with Crippen molar-refractivity contribution in [2.45, 2.75) is 12.8 Å². The Hall–Kier alpha value is -4.32. The van der Waals surface area contributed by atoms with Gasteiger partial charge in [0.25, 0.3) is 0 Å². The van der Waals surface area contributed by atoms with Gasteiger partial charge in [0, 0.05) is 38.9 Å². The van der Waals surface area contributed by atoms with Crippen LogP contribution in [0.1, 0.15) is 49.1 Å². The molecule has 0 aliphatic carbocycles. The number of rotatable bonds is 5. The number of carbonyl (C=O) groups excluding carboxylic acids is 2.